The normalized spacial score (nSPS) is 15.3. The highest BCUT2D eigenvalue weighted by atomic mass is 32.2. The Bertz CT molecular complexity index is 1030. The molecule has 3 rings (SSSR count). The average molecular weight is 490 g/mol. The van der Waals surface area contributed by atoms with Gasteiger partial charge in [0.1, 0.15) is 18.1 Å². The van der Waals surface area contributed by atoms with Crippen molar-refractivity contribution < 1.29 is 22.7 Å². The number of likely N-dealkylation sites (N-methyl/N-ethyl adjacent to an activating group) is 1. The molecule has 0 atom stereocenters. The van der Waals surface area contributed by atoms with E-state index in [1.165, 1.54) is 11.4 Å². The Kier molecular flexibility index (Phi) is 9.32. The van der Waals surface area contributed by atoms with Gasteiger partial charge in [0.2, 0.25) is 15.9 Å². The van der Waals surface area contributed by atoms with E-state index in [4.69, 9.17) is 9.47 Å². The first-order valence-corrected chi connectivity index (χ1v) is 13.2. The Labute approximate surface area is 202 Å². The van der Waals surface area contributed by atoms with Crippen LogP contribution in [0, 0.1) is 5.92 Å². The van der Waals surface area contributed by atoms with Crippen LogP contribution in [0.15, 0.2) is 53.4 Å². The van der Waals surface area contributed by atoms with Gasteiger partial charge in [-0.2, -0.15) is 4.31 Å². The lowest BCUT2D eigenvalue weighted by molar-refractivity contribution is -0.120. The number of carbonyl (C=O) groups excluding carboxylic acids is 1. The van der Waals surface area contributed by atoms with E-state index in [0.717, 1.165) is 19.6 Å². The molecule has 9 heteroatoms. The molecular formula is C25H35N3O5S. The van der Waals surface area contributed by atoms with E-state index in [1.54, 1.807) is 24.3 Å². The maximum Gasteiger partial charge on any atom is 0.243 e. The second-order valence-electron chi connectivity index (χ2n) is 8.21. The van der Waals surface area contributed by atoms with Gasteiger partial charge in [-0.1, -0.05) is 26.0 Å². The number of ether oxygens (including phenoxy) is 2. The largest absolute Gasteiger partial charge is 0.497 e. The number of sulfonamides is 1. The number of rotatable bonds is 11. The Morgan fingerprint density at radius 1 is 1.06 bits per heavy atom. The molecule has 1 N–H and O–H groups in total. The van der Waals surface area contributed by atoms with Gasteiger partial charge in [0.15, 0.2) is 0 Å². The molecular weight excluding hydrogens is 454 g/mol. The number of hydrogen-bond donors (Lipinski definition) is 1. The summed E-state index contributed by atoms with van der Waals surface area (Å²) in [5, 5.41) is 2.98. The topological polar surface area (TPSA) is 88.2 Å². The van der Waals surface area contributed by atoms with Crippen molar-refractivity contribution in [1.82, 2.24) is 9.21 Å². The van der Waals surface area contributed by atoms with Gasteiger partial charge in [0.25, 0.3) is 0 Å². The Hall–Kier alpha value is -2.62. The quantitative estimate of drug-likeness (QED) is 0.520. The van der Waals surface area contributed by atoms with Crippen LogP contribution in [0.2, 0.25) is 0 Å². The molecule has 2 aromatic rings. The highest BCUT2D eigenvalue weighted by Gasteiger charge is 2.32. The maximum atomic E-state index is 13.0. The zero-order valence-electron chi connectivity index (χ0n) is 20.2. The molecule has 0 bridgehead atoms. The third-order valence-electron chi connectivity index (χ3n) is 6.23. The fourth-order valence-corrected chi connectivity index (χ4v) is 5.48. The summed E-state index contributed by atoms with van der Waals surface area (Å²) in [6, 6.07) is 13.8. The molecule has 1 fully saturated rings. The number of nitrogens with zero attached hydrogens (tertiary/aromatic N) is 2. The third kappa shape index (κ3) is 6.49. The summed E-state index contributed by atoms with van der Waals surface area (Å²) < 4.78 is 38.4. The second-order valence-corrected chi connectivity index (χ2v) is 10.2. The summed E-state index contributed by atoms with van der Waals surface area (Å²) in [5.41, 5.74) is 0.639. The van der Waals surface area contributed by atoms with Crippen LogP contribution in [-0.2, 0) is 14.8 Å². The average Bonchev–Trinajstić information content (AvgIpc) is 2.87. The molecule has 1 aliphatic heterocycles. The maximum absolute atomic E-state index is 13.0. The molecule has 8 nitrogen and oxygen atoms in total. The summed E-state index contributed by atoms with van der Waals surface area (Å²) in [7, 11) is -2.06. The molecule has 2 aromatic carbocycles. The molecule has 0 radical (unpaired) electrons. The van der Waals surface area contributed by atoms with E-state index in [9.17, 15) is 13.2 Å². The van der Waals surface area contributed by atoms with Crippen molar-refractivity contribution in [1.29, 1.82) is 0 Å². The molecule has 1 saturated heterocycles. The number of anilines is 1. The van der Waals surface area contributed by atoms with Gasteiger partial charge in [0.05, 0.1) is 17.7 Å². The van der Waals surface area contributed by atoms with E-state index >= 15 is 0 Å². The first kappa shape index (κ1) is 26.0. The van der Waals surface area contributed by atoms with Gasteiger partial charge in [0, 0.05) is 25.6 Å². The van der Waals surface area contributed by atoms with Crippen LogP contribution in [0.1, 0.15) is 26.7 Å². The minimum Gasteiger partial charge on any atom is -0.497 e. The summed E-state index contributed by atoms with van der Waals surface area (Å²) in [6.45, 7) is 8.11. The van der Waals surface area contributed by atoms with Crippen molar-refractivity contribution in [3.8, 4) is 11.5 Å². The van der Waals surface area contributed by atoms with Crippen LogP contribution in [0.25, 0.3) is 0 Å². The Morgan fingerprint density at radius 3 is 2.32 bits per heavy atom. The van der Waals surface area contributed by atoms with Crippen LogP contribution in [0.5, 0.6) is 11.5 Å². The standard InChI is InChI=1S/C25H35N3O5S/c1-4-27(5-2)18-19-33-24-9-7-6-8-23(24)26-25(29)20-14-16-28(17-15-20)34(30,31)22-12-10-21(32-3)11-13-22/h6-13,20H,4-5,14-19H2,1-3H3,(H,26,29). The predicted molar refractivity (Wildman–Crippen MR) is 133 cm³/mol. The first-order chi connectivity index (χ1) is 16.4. The van der Waals surface area contributed by atoms with Gasteiger partial charge in [-0.3, -0.25) is 4.79 Å². The Balaban J connectivity index is 1.56. The zero-order chi connectivity index (χ0) is 24.6. The lowest BCUT2D eigenvalue weighted by atomic mass is 9.97. The van der Waals surface area contributed by atoms with Gasteiger partial charge >= 0.3 is 0 Å². The van der Waals surface area contributed by atoms with E-state index in [0.29, 0.717) is 49.7 Å². The van der Waals surface area contributed by atoms with Gasteiger partial charge in [-0.15, -0.1) is 0 Å². The van der Waals surface area contributed by atoms with Crippen molar-refractivity contribution in [2.24, 2.45) is 5.92 Å². The number of methoxy groups -OCH3 is 1. The molecule has 186 valence electrons. The highest BCUT2D eigenvalue weighted by molar-refractivity contribution is 7.89. The van der Waals surface area contributed by atoms with E-state index in [2.05, 4.69) is 24.1 Å². The zero-order valence-corrected chi connectivity index (χ0v) is 21.0. The lowest BCUT2D eigenvalue weighted by Crippen LogP contribution is -2.41. The number of para-hydroxylation sites is 2. The van der Waals surface area contributed by atoms with E-state index in [-0.39, 0.29) is 16.7 Å². The van der Waals surface area contributed by atoms with Crippen LogP contribution in [0.3, 0.4) is 0 Å². The van der Waals surface area contributed by atoms with E-state index < -0.39 is 10.0 Å². The molecule has 0 aliphatic carbocycles. The van der Waals surface area contributed by atoms with Crippen molar-refractivity contribution in [3.05, 3.63) is 48.5 Å². The van der Waals surface area contributed by atoms with Crippen LogP contribution in [-0.4, -0.2) is 70.0 Å². The van der Waals surface area contributed by atoms with Crippen molar-refractivity contribution in [2.45, 2.75) is 31.6 Å². The molecule has 0 saturated carbocycles. The number of piperidine rings is 1. The SMILES string of the molecule is CCN(CC)CCOc1ccccc1NC(=O)C1CCN(S(=O)(=O)c2ccc(OC)cc2)CC1. The fourth-order valence-electron chi connectivity index (χ4n) is 4.01. The minimum atomic E-state index is -3.60. The minimum absolute atomic E-state index is 0.110. The molecule has 1 aliphatic rings. The van der Waals surface area contributed by atoms with Crippen LogP contribution < -0.4 is 14.8 Å². The number of nitrogens with one attached hydrogen (secondary N) is 1. The molecule has 0 spiro atoms. The number of amides is 1. The summed E-state index contributed by atoms with van der Waals surface area (Å²) in [6.07, 6.45) is 0.929. The predicted octanol–water partition coefficient (Wildman–Crippen LogP) is 3.46. The second kappa shape index (κ2) is 12.2. The van der Waals surface area contributed by atoms with E-state index in [1.807, 2.05) is 24.3 Å². The smallest absolute Gasteiger partial charge is 0.243 e. The third-order valence-corrected chi connectivity index (χ3v) is 8.14. The van der Waals surface area contributed by atoms with Crippen molar-refractivity contribution in [2.75, 3.05) is 51.8 Å². The van der Waals surface area contributed by atoms with Crippen molar-refractivity contribution >= 4 is 21.6 Å². The molecule has 1 amide bonds. The monoisotopic (exact) mass is 489 g/mol. The highest BCUT2D eigenvalue weighted by Crippen LogP contribution is 2.28. The van der Waals surface area contributed by atoms with Crippen LogP contribution in [0.4, 0.5) is 5.69 Å². The molecule has 1 heterocycles. The van der Waals surface area contributed by atoms with Gasteiger partial charge in [-0.25, -0.2) is 8.42 Å². The molecule has 0 unspecified atom stereocenters. The lowest BCUT2D eigenvalue weighted by Gasteiger charge is -2.30. The summed E-state index contributed by atoms with van der Waals surface area (Å²) in [5.74, 6) is 0.876. The number of carbonyl (C=O) groups is 1. The van der Waals surface area contributed by atoms with Crippen LogP contribution >= 0.6 is 0 Å². The fraction of sp³-hybridized carbons (Fsp3) is 0.480. The molecule has 34 heavy (non-hydrogen) atoms. The summed E-state index contributed by atoms with van der Waals surface area (Å²) in [4.78, 5) is 15.4. The molecule has 0 aromatic heterocycles. The summed E-state index contributed by atoms with van der Waals surface area (Å²) >= 11 is 0. The van der Waals surface area contributed by atoms with Crippen molar-refractivity contribution in [3.63, 3.8) is 0 Å². The number of benzene rings is 2. The first-order valence-electron chi connectivity index (χ1n) is 11.8. The Morgan fingerprint density at radius 2 is 1.71 bits per heavy atom. The van der Waals surface area contributed by atoms with Gasteiger partial charge in [-0.05, 0) is 62.3 Å². The number of hydrogen-bond acceptors (Lipinski definition) is 6. The van der Waals surface area contributed by atoms with Gasteiger partial charge < -0.3 is 19.7 Å².